The molecule has 5 heteroatoms. The van der Waals surface area contributed by atoms with E-state index in [1.165, 1.54) is 6.92 Å². The van der Waals surface area contributed by atoms with Crippen LogP contribution in [0.2, 0.25) is 0 Å². The number of hydrogen-bond donors (Lipinski definition) is 2. The fraction of sp³-hybridized carbons (Fsp3) is 0.0909. The molecular formula is C11H8BrNO3. The third kappa shape index (κ3) is 1.63. The Labute approximate surface area is 99.0 Å². The molecule has 0 radical (unpaired) electrons. The fourth-order valence-corrected chi connectivity index (χ4v) is 2.00. The van der Waals surface area contributed by atoms with Gasteiger partial charge in [-0.2, -0.15) is 0 Å². The first-order valence-corrected chi connectivity index (χ1v) is 5.35. The minimum atomic E-state index is -1.09. The number of carboxylic acids is 1. The van der Waals surface area contributed by atoms with E-state index in [0.717, 1.165) is 4.47 Å². The minimum absolute atomic E-state index is 0.0556. The molecule has 1 heterocycles. The van der Waals surface area contributed by atoms with Gasteiger partial charge in [0, 0.05) is 20.9 Å². The van der Waals surface area contributed by atoms with Crippen LogP contribution in [0.25, 0.3) is 10.9 Å². The summed E-state index contributed by atoms with van der Waals surface area (Å²) in [6.45, 7) is 1.50. The van der Waals surface area contributed by atoms with Crippen molar-refractivity contribution in [2.45, 2.75) is 6.92 Å². The summed E-state index contributed by atoms with van der Waals surface area (Å²) < 4.78 is 0.772. The van der Waals surface area contributed by atoms with Crippen LogP contribution in [0.4, 0.5) is 0 Å². The lowest BCUT2D eigenvalue weighted by Crippen LogP contribution is -2.16. The molecule has 1 aromatic carbocycles. The van der Waals surface area contributed by atoms with Crippen molar-refractivity contribution in [3.63, 3.8) is 0 Å². The number of fused-ring (bicyclic) bond motifs is 1. The van der Waals surface area contributed by atoms with Crippen LogP contribution in [0.15, 0.2) is 27.5 Å². The van der Waals surface area contributed by atoms with E-state index in [0.29, 0.717) is 10.9 Å². The Kier molecular flexibility index (Phi) is 2.55. The van der Waals surface area contributed by atoms with Crippen molar-refractivity contribution in [1.82, 2.24) is 4.98 Å². The Hall–Kier alpha value is -1.62. The van der Waals surface area contributed by atoms with Crippen LogP contribution in [0.3, 0.4) is 0 Å². The zero-order valence-electron chi connectivity index (χ0n) is 8.37. The van der Waals surface area contributed by atoms with Gasteiger partial charge in [0.05, 0.1) is 5.56 Å². The maximum atomic E-state index is 11.5. The van der Waals surface area contributed by atoms with E-state index in [1.54, 1.807) is 18.2 Å². The molecule has 16 heavy (non-hydrogen) atoms. The summed E-state index contributed by atoms with van der Waals surface area (Å²) >= 11 is 3.27. The summed E-state index contributed by atoms with van der Waals surface area (Å²) in [5.74, 6) is -1.09. The Balaban J connectivity index is 3.02. The number of benzene rings is 1. The topological polar surface area (TPSA) is 70.2 Å². The smallest absolute Gasteiger partial charge is 0.336 e. The second-order valence-electron chi connectivity index (χ2n) is 3.45. The van der Waals surface area contributed by atoms with Crippen LogP contribution in [0.1, 0.15) is 15.9 Å². The lowest BCUT2D eigenvalue weighted by molar-refractivity contribution is 0.0698. The van der Waals surface area contributed by atoms with Crippen molar-refractivity contribution >= 4 is 32.8 Å². The van der Waals surface area contributed by atoms with Gasteiger partial charge in [-0.25, -0.2) is 4.79 Å². The van der Waals surface area contributed by atoms with Crippen molar-refractivity contribution in [2.24, 2.45) is 0 Å². The van der Waals surface area contributed by atoms with Gasteiger partial charge in [0.1, 0.15) is 0 Å². The molecule has 2 rings (SSSR count). The van der Waals surface area contributed by atoms with Crippen LogP contribution < -0.4 is 5.56 Å². The van der Waals surface area contributed by atoms with Crippen molar-refractivity contribution in [3.8, 4) is 0 Å². The van der Waals surface area contributed by atoms with Gasteiger partial charge < -0.3 is 10.1 Å². The Morgan fingerprint density at radius 3 is 2.75 bits per heavy atom. The van der Waals surface area contributed by atoms with Gasteiger partial charge in [-0.15, -0.1) is 0 Å². The molecule has 0 saturated carbocycles. The second-order valence-corrected chi connectivity index (χ2v) is 4.36. The van der Waals surface area contributed by atoms with Gasteiger partial charge in [0.15, 0.2) is 0 Å². The van der Waals surface area contributed by atoms with Crippen LogP contribution in [-0.4, -0.2) is 16.1 Å². The molecule has 1 aromatic heterocycles. The maximum absolute atomic E-state index is 11.5. The summed E-state index contributed by atoms with van der Waals surface area (Å²) in [6.07, 6.45) is 0. The highest BCUT2D eigenvalue weighted by atomic mass is 79.9. The molecule has 0 amide bonds. The summed E-state index contributed by atoms with van der Waals surface area (Å²) in [7, 11) is 0. The molecule has 0 aliphatic heterocycles. The van der Waals surface area contributed by atoms with Crippen molar-refractivity contribution in [1.29, 1.82) is 0 Å². The highest BCUT2D eigenvalue weighted by molar-refractivity contribution is 9.10. The molecule has 4 nitrogen and oxygen atoms in total. The molecule has 0 bridgehead atoms. The third-order valence-electron chi connectivity index (χ3n) is 2.43. The van der Waals surface area contributed by atoms with Gasteiger partial charge in [0.2, 0.25) is 0 Å². The molecule has 0 spiro atoms. The first kappa shape index (κ1) is 10.9. The Bertz CT molecular complexity index is 645. The third-order valence-corrected chi connectivity index (χ3v) is 2.92. The van der Waals surface area contributed by atoms with E-state index in [2.05, 4.69) is 20.9 Å². The number of carbonyl (C=O) groups is 1. The van der Waals surface area contributed by atoms with E-state index < -0.39 is 5.97 Å². The molecule has 2 aromatic rings. The quantitative estimate of drug-likeness (QED) is 0.843. The van der Waals surface area contributed by atoms with Gasteiger partial charge in [-0.1, -0.05) is 15.9 Å². The number of nitrogens with one attached hydrogen (secondary N) is 1. The number of pyridine rings is 1. The summed E-state index contributed by atoms with van der Waals surface area (Å²) in [4.78, 5) is 25.3. The lowest BCUT2D eigenvalue weighted by Gasteiger charge is -2.05. The number of aromatic amines is 1. The number of aromatic nitrogens is 1. The van der Waals surface area contributed by atoms with Crippen molar-refractivity contribution in [3.05, 3.63) is 44.2 Å². The van der Waals surface area contributed by atoms with Crippen molar-refractivity contribution in [2.75, 3.05) is 0 Å². The highest BCUT2D eigenvalue weighted by Gasteiger charge is 2.15. The number of rotatable bonds is 1. The zero-order valence-corrected chi connectivity index (χ0v) is 9.96. The number of H-pyrrole nitrogens is 1. The molecule has 0 unspecified atom stereocenters. The van der Waals surface area contributed by atoms with Gasteiger partial charge in [-0.3, -0.25) is 4.79 Å². The van der Waals surface area contributed by atoms with Gasteiger partial charge in [0.25, 0.3) is 5.56 Å². The number of aromatic carboxylic acids is 1. The molecule has 0 atom stereocenters. The predicted molar refractivity (Wildman–Crippen MR) is 64.0 cm³/mol. The van der Waals surface area contributed by atoms with Crippen molar-refractivity contribution < 1.29 is 9.90 Å². The van der Waals surface area contributed by atoms with E-state index in [1.807, 2.05) is 0 Å². The zero-order chi connectivity index (χ0) is 11.9. The normalized spacial score (nSPS) is 10.6. The number of halogens is 1. The molecule has 82 valence electrons. The highest BCUT2D eigenvalue weighted by Crippen LogP contribution is 2.22. The second kappa shape index (κ2) is 3.75. The van der Waals surface area contributed by atoms with E-state index in [9.17, 15) is 9.59 Å². The summed E-state index contributed by atoms with van der Waals surface area (Å²) in [6, 6.07) is 5.10. The summed E-state index contributed by atoms with van der Waals surface area (Å²) in [5.41, 5.74) is 0.432. The number of carboxylic acid groups (broad SMARTS) is 1. The Morgan fingerprint density at radius 2 is 2.12 bits per heavy atom. The van der Waals surface area contributed by atoms with Crippen LogP contribution >= 0.6 is 15.9 Å². The first-order valence-electron chi connectivity index (χ1n) is 4.56. The standard InChI is InChI=1S/C11H8BrNO3/c1-5-9(11(15)16)7-4-6(12)2-3-8(7)13-10(5)14/h2-4H,1H3,(H,13,14)(H,15,16). The van der Waals surface area contributed by atoms with E-state index in [-0.39, 0.29) is 16.7 Å². The SMILES string of the molecule is Cc1c(C(=O)O)c2cc(Br)ccc2[nH]c1=O. The molecule has 2 N–H and O–H groups in total. The van der Waals surface area contributed by atoms with Gasteiger partial charge in [-0.05, 0) is 25.1 Å². The molecule has 0 saturated heterocycles. The molecule has 0 aliphatic rings. The average Bonchev–Trinajstić information content (AvgIpc) is 2.20. The Morgan fingerprint density at radius 1 is 1.44 bits per heavy atom. The molecular weight excluding hydrogens is 274 g/mol. The predicted octanol–water partition coefficient (Wildman–Crippen LogP) is 2.30. The van der Waals surface area contributed by atoms with Crippen LogP contribution in [-0.2, 0) is 0 Å². The number of hydrogen-bond acceptors (Lipinski definition) is 2. The van der Waals surface area contributed by atoms with Crippen LogP contribution in [0.5, 0.6) is 0 Å². The minimum Gasteiger partial charge on any atom is -0.478 e. The molecule has 0 fully saturated rings. The molecule has 0 aliphatic carbocycles. The first-order chi connectivity index (χ1) is 7.50. The fourth-order valence-electron chi connectivity index (χ4n) is 1.64. The largest absolute Gasteiger partial charge is 0.478 e. The maximum Gasteiger partial charge on any atom is 0.336 e. The monoisotopic (exact) mass is 281 g/mol. The summed E-state index contributed by atoms with van der Waals surface area (Å²) in [5, 5.41) is 9.64. The average molecular weight is 282 g/mol. The van der Waals surface area contributed by atoms with Crippen LogP contribution in [0, 0.1) is 6.92 Å². The van der Waals surface area contributed by atoms with E-state index in [4.69, 9.17) is 5.11 Å². The van der Waals surface area contributed by atoms with E-state index >= 15 is 0 Å². The van der Waals surface area contributed by atoms with Gasteiger partial charge >= 0.3 is 5.97 Å². The lowest BCUT2D eigenvalue weighted by atomic mass is 10.0.